The van der Waals surface area contributed by atoms with E-state index in [2.05, 4.69) is 51.7 Å². The Kier molecular flexibility index (Phi) is 2.66. The van der Waals surface area contributed by atoms with Gasteiger partial charge in [-0.3, -0.25) is 4.68 Å². The Morgan fingerprint density at radius 2 is 2.22 bits per heavy atom. The van der Waals surface area contributed by atoms with Crippen molar-refractivity contribution in [2.24, 2.45) is 7.05 Å². The number of hydrogen-bond donors (Lipinski definition) is 1. The van der Waals surface area contributed by atoms with Crippen molar-refractivity contribution in [1.29, 1.82) is 0 Å². The van der Waals surface area contributed by atoms with Gasteiger partial charge >= 0.3 is 0 Å². The van der Waals surface area contributed by atoms with Crippen LogP contribution in [-0.2, 0) is 13.6 Å². The lowest BCUT2D eigenvalue weighted by atomic mass is 10.1. The lowest BCUT2D eigenvalue weighted by Crippen LogP contribution is -2.41. The summed E-state index contributed by atoms with van der Waals surface area (Å²) in [5.41, 5.74) is 3.43. The van der Waals surface area contributed by atoms with Crippen molar-refractivity contribution in [2.45, 2.75) is 19.5 Å². The molecule has 94 valence electrons. The molecule has 0 fully saturated rings. The molecule has 0 saturated heterocycles. The van der Waals surface area contributed by atoms with Gasteiger partial charge in [-0.05, 0) is 19.1 Å². The maximum Gasteiger partial charge on any atom is 0.102 e. The minimum Gasteiger partial charge on any atom is -0.381 e. The zero-order valence-corrected chi connectivity index (χ0v) is 10.7. The van der Waals surface area contributed by atoms with Crippen LogP contribution in [0, 0.1) is 0 Å². The molecule has 0 bridgehead atoms. The van der Waals surface area contributed by atoms with Crippen molar-refractivity contribution in [3.63, 3.8) is 0 Å². The largest absolute Gasteiger partial charge is 0.381 e. The predicted octanol–water partition coefficient (Wildman–Crippen LogP) is 1.64. The Balaban J connectivity index is 1.91. The molecule has 0 spiro atoms. The molecule has 2 heterocycles. The number of fused-ring (bicyclic) bond motifs is 1. The van der Waals surface area contributed by atoms with Crippen molar-refractivity contribution in [1.82, 2.24) is 15.0 Å². The Morgan fingerprint density at radius 1 is 1.39 bits per heavy atom. The van der Waals surface area contributed by atoms with Gasteiger partial charge in [-0.15, -0.1) is 5.10 Å². The van der Waals surface area contributed by atoms with Gasteiger partial charge in [-0.25, -0.2) is 0 Å². The fourth-order valence-electron chi connectivity index (χ4n) is 2.36. The lowest BCUT2D eigenvalue weighted by molar-refractivity contribution is 0.633. The van der Waals surface area contributed by atoms with Crippen molar-refractivity contribution in [2.75, 3.05) is 16.8 Å². The Morgan fingerprint density at radius 3 is 3.00 bits per heavy atom. The number of hydrogen-bond acceptors (Lipinski definition) is 4. The first kappa shape index (κ1) is 11.1. The van der Waals surface area contributed by atoms with E-state index in [1.807, 2.05) is 13.2 Å². The van der Waals surface area contributed by atoms with Crippen LogP contribution >= 0.6 is 0 Å². The summed E-state index contributed by atoms with van der Waals surface area (Å²) in [4.78, 5) is 2.37. The van der Waals surface area contributed by atoms with Gasteiger partial charge in [0.05, 0.1) is 17.9 Å². The molecule has 1 aromatic heterocycles. The molecular formula is C13H17N5. The normalized spacial score (nSPS) is 18.3. The van der Waals surface area contributed by atoms with Crippen molar-refractivity contribution >= 4 is 11.4 Å². The van der Waals surface area contributed by atoms with Gasteiger partial charge in [0, 0.05) is 25.8 Å². The molecule has 1 N–H and O–H groups in total. The number of para-hydroxylation sites is 2. The maximum atomic E-state index is 4.17. The van der Waals surface area contributed by atoms with E-state index < -0.39 is 0 Å². The number of aryl methyl sites for hydroxylation is 1. The van der Waals surface area contributed by atoms with Crippen LogP contribution in [-0.4, -0.2) is 27.6 Å². The van der Waals surface area contributed by atoms with Crippen LogP contribution in [0.2, 0.25) is 0 Å². The Labute approximate surface area is 106 Å². The van der Waals surface area contributed by atoms with E-state index in [1.165, 1.54) is 11.4 Å². The average molecular weight is 243 g/mol. The van der Waals surface area contributed by atoms with Crippen LogP contribution in [0.25, 0.3) is 0 Å². The van der Waals surface area contributed by atoms with Crippen molar-refractivity contribution in [3.05, 3.63) is 36.2 Å². The Hall–Kier alpha value is -2.04. The fourth-order valence-corrected chi connectivity index (χ4v) is 2.36. The van der Waals surface area contributed by atoms with Gasteiger partial charge in [0.15, 0.2) is 0 Å². The molecule has 2 aromatic rings. The fraction of sp³-hybridized carbons (Fsp3) is 0.385. The summed E-state index contributed by atoms with van der Waals surface area (Å²) in [6.07, 6.45) is 1.97. The Bertz CT molecular complexity index is 548. The minimum atomic E-state index is 0.446. The minimum absolute atomic E-state index is 0.446. The van der Waals surface area contributed by atoms with Crippen LogP contribution in [0.3, 0.4) is 0 Å². The van der Waals surface area contributed by atoms with Gasteiger partial charge in [-0.1, -0.05) is 17.3 Å². The number of anilines is 2. The topological polar surface area (TPSA) is 46.0 Å². The SMILES string of the molecule is CC1CNc2ccccc2N1Cc1cn(C)nn1. The third-order valence-corrected chi connectivity index (χ3v) is 3.32. The van der Waals surface area contributed by atoms with E-state index in [9.17, 15) is 0 Å². The van der Waals surface area contributed by atoms with Crippen molar-refractivity contribution in [3.8, 4) is 0 Å². The lowest BCUT2D eigenvalue weighted by Gasteiger charge is -2.37. The summed E-state index contributed by atoms with van der Waals surface area (Å²) in [7, 11) is 1.89. The van der Waals surface area contributed by atoms with E-state index in [4.69, 9.17) is 0 Å². The molecule has 0 aliphatic carbocycles. The predicted molar refractivity (Wildman–Crippen MR) is 71.6 cm³/mol. The standard InChI is InChI=1S/C13H17N5/c1-10-7-14-12-5-3-4-6-13(12)18(10)9-11-8-17(2)16-15-11/h3-6,8,10,14H,7,9H2,1-2H3. The summed E-state index contributed by atoms with van der Waals surface area (Å²) in [5.74, 6) is 0. The van der Waals surface area contributed by atoms with Crippen LogP contribution in [0.15, 0.2) is 30.5 Å². The maximum absolute atomic E-state index is 4.17. The molecule has 1 atom stereocenters. The number of benzene rings is 1. The summed E-state index contributed by atoms with van der Waals surface area (Å²) in [5, 5.41) is 11.6. The van der Waals surface area contributed by atoms with Crippen molar-refractivity contribution < 1.29 is 0 Å². The highest BCUT2D eigenvalue weighted by Gasteiger charge is 2.23. The second kappa shape index (κ2) is 4.33. The van der Waals surface area contributed by atoms with E-state index >= 15 is 0 Å². The molecule has 0 amide bonds. The zero-order valence-electron chi connectivity index (χ0n) is 10.7. The second-order valence-corrected chi connectivity index (χ2v) is 4.76. The molecule has 1 aliphatic heterocycles. The molecule has 1 unspecified atom stereocenters. The molecule has 0 radical (unpaired) electrons. The second-order valence-electron chi connectivity index (χ2n) is 4.76. The van der Waals surface area contributed by atoms with E-state index in [0.29, 0.717) is 6.04 Å². The van der Waals surface area contributed by atoms with Crippen LogP contribution in [0.4, 0.5) is 11.4 Å². The molecule has 18 heavy (non-hydrogen) atoms. The summed E-state index contributed by atoms with van der Waals surface area (Å²) in [6, 6.07) is 8.84. The van der Waals surface area contributed by atoms with E-state index in [1.54, 1.807) is 4.68 Å². The third-order valence-electron chi connectivity index (χ3n) is 3.32. The highest BCUT2D eigenvalue weighted by Crippen LogP contribution is 2.31. The van der Waals surface area contributed by atoms with Gasteiger partial charge in [0.2, 0.25) is 0 Å². The molecule has 5 nitrogen and oxygen atoms in total. The van der Waals surface area contributed by atoms with Gasteiger partial charge in [0.25, 0.3) is 0 Å². The highest BCUT2D eigenvalue weighted by atomic mass is 15.4. The summed E-state index contributed by atoms with van der Waals surface area (Å²) in [6.45, 7) is 3.98. The number of rotatable bonds is 2. The van der Waals surface area contributed by atoms with E-state index in [-0.39, 0.29) is 0 Å². The van der Waals surface area contributed by atoms with Gasteiger partial charge < -0.3 is 10.2 Å². The first-order valence-electron chi connectivity index (χ1n) is 6.19. The average Bonchev–Trinajstić information content (AvgIpc) is 2.79. The van der Waals surface area contributed by atoms with Gasteiger partial charge in [-0.2, -0.15) is 0 Å². The number of nitrogens with zero attached hydrogens (tertiary/aromatic N) is 4. The third kappa shape index (κ3) is 1.92. The van der Waals surface area contributed by atoms with Crippen LogP contribution in [0.5, 0.6) is 0 Å². The molecule has 5 heteroatoms. The first-order chi connectivity index (χ1) is 8.74. The van der Waals surface area contributed by atoms with Gasteiger partial charge in [0.1, 0.15) is 5.69 Å². The smallest absolute Gasteiger partial charge is 0.102 e. The molecular weight excluding hydrogens is 226 g/mol. The highest BCUT2D eigenvalue weighted by molar-refractivity contribution is 5.72. The number of nitrogens with one attached hydrogen (secondary N) is 1. The van der Waals surface area contributed by atoms with Crippen LogP contribution in [0.1, 0.15) is 12.6 Å². The monoisotopic (exact) mass is 243 g/mol. The zero-order chi connectivity index (χ0) is 12.5. The molecule has 3 rings (SSSR count). The summed E-state index contributed by atoms with van der Waals surface area (Å²) < 4.78 is 1.74. The quantitative estimate of drug-likeness (QED) is 0.871. The number of aromatic nitrogens is 3. The van der Waals surface area contributed by atoms with Crippen LogP contribution < -0.4 is 10.2 Å². The van der Waals surface area contributed by atoms with E-state index in [0.717, 1.165) is 18.8 Å². The molecule has 1 aromatic carbocycles. The summed E-state index contributed by atoms with van der Waals surface area (Å²) >= 11 is 0. The molecule has 1 aliphatic rings. The molecule has 0 saturated carbocycles. The first-order valence-corrected chi connectivity index (χ1v) is 6.19.